The Kier molecular flexibility index (Phi) is 6.20. The first-order valence-electron chi connectivity index (χ1n) is 8.26. The van der Waals surface area contributed by atoms with Crippen molar-refractivity contribution in [2.24, 2.45) is 5.92 Å². The number of methoxy groups -OCH3 is 1. The van der Waals surface area contributed by atoms with Crippen LogP contribution >= 0.6 is 0 Å². The highest BCUT2D eigenvalue weighted by Gasteiger charge is 2.37. The van der Waals surface area contributed by atoms with Crippen molar-refractivity contribution in [2.75, 3.05) is 20.2 Å². The first kappa shape index (κ1) is 17.2. The van der Waals surface area contributed by atoms with Crippen molar-refractivity contribution in [2.45, 2.75) is 63.6 Å². The second kappa shape index (κ2) is 7.92. The van der Waals surface area contributed by atoms with Gasteiger partial charge in [-0.05, 0) is 44.9 Å². The van der Waals surface area contributed by atoms with E-state index in [1.807, 2.05) is 6.92 Å². The minimum Gasteiger partial charge on any atom is -0.480 e. The Bertz CT molecular complexity index is 392. The van der Waals surface area contributed by atoms with Gasteiger partial charge in [0.15, 0.2) is 0 Å². The van der Waals surface area contributed by atoms with Crippen LogP contribution < -0.4 is 5.32 Å². The molecule has 6 nitrogen and oxygen atoms in total. The van der Waals surface area contributed by atoms with Gasteiger partial charge < -0.3 is 15.2 Å². The van der Waals surface area contributed by atoms with Crippen LogP contribution in [0, 0.1) is 5.92 Å². The average molecular weight is 312 g/mol. The molecule has 1 unspecified atom stereocenters. The van der Waals surface area contributed by atoms with Gasteiger partial charge in [0.1, 0.15) is 0 Å². The summed E-state index contributed by atoms with van der Waals surface area (Å²) in [6.45, 7) is 2.96. The van der Waals surface area contributed by atoms with E-state index in [9.17, 15) is 9.59 Å². The molecule has 0 radical (unpaired) electrons. The molecule has 2 aliphatic carbocycles. The maximum absolute atomic E-state index is 11.8. The fraction of sp³-hybridized carbons (Fsp3) is 0.875. The van der Waals surface area contributed by atoms with Crippen LogP contribution in [-0.4, -0.2) is 60.3 Å². The van der Waals surface area contributed by atoms with Gasteiger partial charge in [-0.2, -0.15) is 0 Å². The Morgan fingerprint density at radius 2 is 2.05 bits per heavy atom. The maximum Gasteiger partial charge on any atom is 0.317 e. The topological polar surface area (TPSA) is 78.9 Å². The summed E-state index contributed by atoms with van der Waals surface area (Å²) in [5.74, 6) is -0.00969. The number of carboxylic acids is 1. The highest BCUT2D eigenvalue weighted by atomic mass is 16.5. The zero-order valence-corrected chi connectivity index (χ0v) is 13.6. The number of aliphatic carboxylic acids is 1. The Labute approximate surface area is 132 Å². The number of ether oxygens (including phenoxy) is 1. The van der Waals surface area contributed by atoms with Crippen LogP contribution in [0.15, 0.2) is 0 Å². The van der Waals surface area contributed by atoms with Crippen molar-refractivity contribution in [3.05, 3.63) is 0 Å². The summed E-state index contributed by atoms with van der Waals surface area (Å²) in [6.07, 6.45) is 5.49. The SMILES string of the molecule is COC(C)CCC(=O)NC1CC(N(CC(=O)O)CC2CC2)C1. The van der Waals surface area contributed by atoms with Crippen LogP contribution in [0.4, 0.5) is 0 Å². The molecule has 126 valence electrons. The summed E-state index contributed by atoms with van der Waals surface area (Å²) in [6, 6.07) is 0.505. The summed E-state index contributed by atoms with van der Waals surface area (Å²) >= 11 is 0. The highest BCUT2D eigenvalue weighted by Crippen LogP contribution is 2.33. The van der Waals surface area contributed by atoms with Gasteiger partial charge in [0.25, 0.3) is 0 Å². The molecule has 6 heteroatoms. The predicted octanol–water partition coefficient (Wildman–Crippen LogP) is 1.25. The van der Waals surface area contributed by atoms with E-state index in [1.54, 1.807) is 7.11 Å². The Balaban J connectivity index is 1.66. The average Bonchev–Trinajstić information content (AvgIpc) is 3.22. The molecule has 1 amide bonds. The third-order valence-electron chi connectivity index (χ3n) is 4.70. The molecule has 0 aromatic carbocycles. The number of nitrogens with zero attached hydrogens (tertiary/aromatic N) is 1. The second-order valence-electron chi connectivity index (χ2n) is 6.74. The zero-order valence-electron chi connectivity index (χ0n) is 13.6. The zero-order chi connectivity index (χ0) is 16.1. The molecule has 2 saturated carbocycles. The standard InChI is InChI=1S/C16H28N2O4/c1-11(22-2)3-6-15(19)17-13-7-14(8-13)18(10-16(20)21)9-12-4-5-12/h11-14H,3-10H2,1-2H3,(H,17,19)(H,20,21). The second-order valence-corrected chi connectivity index (χ2v) is 6.74. The summed E-state index contributed by atoms with van der Waals surface area (Å²) in [4.78, 5) is 24.9. The van der Waals surface area contributed by atoms with Gasteiger partial charge in [0, 0.05) is 32.2 Å². The highest BCUT2D eigenvalue weighted by molar-refractivity contribution is 5.76. The number of carboxylic acid groups (broad SMARTS) is 1. The molecule has 0 saturated heterocycles. The van der Waals surface area contributed by atoms with Crippen LogP contribution in [-0.2, 0) is 14.3 Å². The van der Waals surface area contributed by atoms with E-state index in [0.29, 0.717) is 18.4 Å². The monoisotopic (exact) mass is 312 g/mol. The minimum absolute atomic E-state index is 0.0688. The largest absolute Gasteiger partial charge is 0.480 e. The minimum atomic E-state index is -0.762. The quantitative estimate of drug-likeness (QED) is 0.634. The van der Waals surface area contributed by atoms with Gasteiger partial charge in [-0.25, -0.2) is 0 Å². The van der Waals surface area contributed by atoms with Gasteiger partial charge in [-0.1, -0.05) is 0 Å². The first-order chi connectivity index (χ1) is 10.5. The van der Waals surface area contributed by atoms with E-state index in [4.69, 9.17) is 9.84 Å². The van der Waals surface area contributed by atoms with Gasteiger partial charge in [-0.3, -0.25) is 14.5 Å². The van der Waals surface area contributed by atoms with Crippen molar-refractivity contribution in [1.82, 2.24) is 10.2 Å². The lowest BCUT2D eigenvalue weighted by Gasteiger charge is -2.42. The number of hydrogen-bond acceptors (Lipinski definition) is 4. The number of hydrogen-bond donors (Lipinski definition) is 2. The lowest BCUT2D eigenvalue weighted by atomic mass is 9.85. The molecule has 2 aliphatic rings. The Morgan fingerprint density at radius 3 is 2.59 bits per heavy atom. The summed E-state index contributed by atoms with van der Waals surface area (Å²) in [5, 5.41) is 12.1. The molecule has 2 rings (SSSR count). The molecule has 0 heterocycles. The molecular weight excluding hydrogens is 284 g/mol. The fourth-order valence-corrected chi connectivity index (χ4v) is 2.90. The predicted molar refractivity (Wildman–Crippen MR) is 82.6 cm³/mol. The molecule has 0 bridgehead atoms. The van der Waals surface area contributed by atoms with Crippen LogP contribution in [0.25, 0.3) is 0 Å². The Hall–Kier alpha value is -1.14. The molecule has 0 aromatic rings. The molecule has 0 aromatic heterocycles. The van der Waals surface area contributed by atoms with Crippen molar-refractivity contribution < 1.29 is 19.4 Å². The third-order valence-corrected chi connectivity index (χ3v) is 4.70. The summed E-state index contributed by atoms with van der Waals surface area (Å²) in [7, 11) is 1.65. The van der Waals surface area contributed by atoms with Crippen LogP contribution in [0.1, 0.15) is 45.4 Å². The van der Waals surface area contributed by atoms with Crippen molar-refractivity contribution in [3.8, 4) is 0 Å². The van der Waals surface area contributed by atoms with E-state index in [2.05, 4.69) is 10.2 Å². The Morgan fingerprint density at radius 1 is 1.36 bits per heavy atom. The van der Waals surface area contributed by atoms with E-state index in [-0.39, 0.29) is 24.6 Å². The number of nitrogens with one attached hydrogen (secondary N) is 1. The van der Waals surface area contributed by atoms with E-state index >= 15 is 0 Å². The van der Waals surface area contributed by atoms with Gasteiger partial charge in [-0.15, -0.1) is 0 Å². The van der Waals surface area contributed by atoms with Crippen molar-refractivity contribution >= 4 is 11.9 Å². The molecule has 2 N–H and O–H groups in total. The number of amides is 1. The van der Waals surface area contributed by atoms with Gasteiger partial charge >= 0.3 is 5.97 Å². The number of carbonyl (C=O) groups is 2. The lowest BCUT2D eigenvalue weighted by Crippen LogP contribution is -2.55. The molecule has 1 atom stereocenters. The molecule has 22 heavy (non-hydrogen) atoms. The third kappa shape index (κ3) is 5.57. The summed E-state index contributed by atoms with van der Waals surface area (Å²) < 4.78 is 5.13. The van der Waals surface area contributed by atoms with Crippen LogP contribution in [0.3, 0.4) is 0 Å². The number of carbonyl (C=O) groups excluding carboxylic acids is 1. The van der Waals surface area contributed by atoms with E-state index in [0.717, 1.165) is 25.8 Å². The van der Waals surface area contributed by atoms with Crippen molar-refractivity contribution in [1.29, 1.82) is 0 Å². The van der Waals surface area contributed by atoms with Gasteiger partial charge in [0.05, 0.1) is 12.6 Å². The van der Waals surface area contributed by atoms with Gasteiger partial charge in [0.2, 0.25) is 5.91 Å². The molecule has 0 spiro atoms. The normalized spacial score (nSPS) is 25.6. The first-order valence-corrected chi connectivity index (χ1v) is 8.26. The molecular formula is C16H28N2O4. The lowest BCUT2D eigenvalue weighted by molar-refractivity contribution is -0.140. The molecule has 2 fully saturated rings. The smallest absolute Gasteiger partial charge is 0.317 e. The van der Waals surface area contributed by atoms with E-state index in [1.165, 1.54) is 12.8 Å². The van der Waals surface area contributed by atoms with Crippen LogP contribution in [0.5, 0.6) is 0 Å². The fourth-order valence-electron chi connectivity index (χ4n) is 2.90. The van der Waals surface area contributed by atoms with Crippen LogP contribution in [0.2, 0.25) is 0 Å². The summed E-state index contributed by atoms with van der Waals surface area (Å²) in [5.41, 5.74) is 0. The van der Waals surface area contributed by atoms with E-state index < -0.39 is 5.97 Å². The number of rotatable bonds is 10. The molecule has 0 aliphatic heterocycles. The maximum atomic E-state index is 11.8. The van der Waals surface area contributed by atoms with Crippen molar-refractivity contribution in [3.63, 3.8) is 0 Å².